The number of aromatic nitrogens is 4. The van der Waals surface area contributed by atoms with Gasteiger partial charge in [0.2, 0.25) is 5.95 Å². The van der Waals surface area contributed by atoms with Gasteiger partial charge in [0.05, 0.1) is 11.0 Å². The Morgan fingerprint density at radius 1 is 0.340 bits per heavy atom. The Labute approximate surface area is 271 Å². The van der Waals surface area contributed by atoms with Crippen molar-refractivity contribution < 1.29 is 0 Å². The molecule has 1 aliphatic rings. The average molecular weight is 599 g/mol. The molecule has 0 spiro atoms. The minimum Gasteiger partial charge on any atom is -0.278 e. The molecule has 1 aliphatic carbocycles. The van der Waals surface area contributed by atoms with Crippen LogP contribution in [0, 0.1) is 0 Å². The molecule has 10 rings (SSSR count). The van der Waals surface area contributed by atoms with Crippen LogP contribution in [0.1, 0.15) is 0 Å². The van der Waals surface area contributed by atoms with E-state index in [-0.39, 0.29) is 0 Å². The van der Waals surface area contributed by atoms with Crippen molar-refractivity contribution in [3.8, 4) is 62.1 Å². The second-order valence-electron chi connectivity index (χ2n) is 12.0. The van der Waals surface area contributed by atoms with E-state index in [1.165, 1.54) is 54.9 Å². The first-order valence-electron chi connectivity index (χ1n) is 15.9. The molecule has 0 fully saturated rings. The third kappa shape index (κ3) is 3.85. The number of rotatable bonds is 4. The number of nitrogens with zero attached hydrogens (tertiary/aromatic N) is 4. The molecule has 218 valence electrons. The Kier molecular flexibility index (Phi) is 5.54. The topological polar surface area (TPSA) is 43.6 Å². The minimum atomic E-state index is 0.599. The van der Waals surface area contributed by atoms with E-state index in [1.807, 2.05) is 36.4 Å². The predicted octanol–water partition coefficient (Wildman–Crippen LogP) is 10.8. The standard InChI is InChI=1S/C43H26N4/c1-4-13-27(14-5-1)31-24-26-36-40-38(31)34-21-11-10-20-32(34)33-22-12-19-28-23-25-35(39(40)37(28)33)47(36)43-45-41(29-15-6-2-7-16-29)44-42(46-43)30-17-8-3-9-18-30/h1-26H. The number of benzene rings is 7. The average Bonchev–Trinajstić information content (AvgIpc) is 3.43. The van der Waals surface area contributed by atoms with Crippen LogP contribution < -0.4 is 0 Å². The normalized spacial score (nSPS) is 11.8. The number of hydrogen-bond acceptors (Lipinski definition) is 3. The molecule has 2 aromatic heterocycles. The van der Waals surface area contributed by atoms with Gasteiger partial charge in [-0.15, -0.1) is 0 Å². The van der Waals surface area contributed by atoms with Crippen LogP contribution in [0.5, 0.6) is 0 Å². The Hall–Kier alpha value is -6.39. The van der Waals surface area contributed by atoms with E-state index in [4.69, 9.17) is 15.0 Å². The first-order chi connectivity index (χ1) is 23.3. The minimum absolute atomic E-state index is 0.599. The van der Waals surface area contributed by atoms with Crippen LogP contribution in [-0.4, -0.2) is 19.5 Å². The predicted molar refractivity (Wildman–Crippen MR) is 192 cm³/mol. The van der Waals surface area contributed by atoms with Gasteiger partial charge in [-0.1, -0.05) is 146 Å². The van der Waals surface area contributed by atoms with Crippen LogP contribution >= 0.6 is 0 Å². The molecule has 9 aromatic rings. The monoisotopic (exact) mass is 598 g/mol. The second-order valence-corrected chi connectivity index (χ2v) is 12.0. The lowest BCUT2D eigenvalue weighted by Gasteiger charge is -2.16. The van der Waals surface area contributed by atoms with Crippen molar-refractivity contribution in [3.63, 3.8) is 0 Å². The maximum atomic E-state index is 5.19. The van der Waals surface area contributed by atoms with E-state index in [1.54, 1.807) is 0 Å². The van der Waals surface area contributed by atoms with E-state index in [0.717, 1.165) is 22.2 Å². The summed E-state index contributed by atoms with van der Waals surface area (Å²) in [6.45, 7) is 0. The first-order valence-corrected chi connectivity index (χ1v) is 15.9. The summed E-state index contributed by atoms with van der Waals surface area (Å²) in [6, 6.07) is 55.6. The molecule has 4 heteroatoms. The molecular formula is C43H26N4. The van der Waals surface area contributed by atoms with Gasteiger partial charge in [-0.05, 0) is 50.7 Å². The summed E-state index contributed by atoms with van der Waals surface area (Å²) in [4.78, 5) is 15.4. The lowest BCUT2D eigenvalue weighted by molar-refractivity contribution is 0.953. The van der Waals surface area contributed by atoms with Crippen molar-refractivity contribution >= 4 is 32.6 Å². The Morgan fingerprint density at radius 3 is 1.57 bits per heavy atom. The quantitative estimate of drug-likeness (QED) is 0.202. The highest BCUT2D eigenvalue weighted by Gasteiger charge is 2.28. The smallest absolute Gasteiger partial charge is 0.238 e. The van der Waals surface area contributed by atoms with Crippen molar-refractivity contribution in [2.75, 3.05) is 0 Å². The highest BCUT2D eigenvalue weighted by atomic mass is 15.2. The van der Waals surface area contributed by atoms with Crippen molar-refractivity contribution in [3.05, 3.63) is 158 Å². The Balaban J connectivity index is 1.40. The Bertz CT molecular complexity index is 2600. The molecule has 0 radical (unpaired) electrons. The lowest BCUT2D eigenvalue weighted by atomic mass is 9.88. The number of fused-ring (bicyclic) bond motifs is 3. The van der Waals surface area contributed by atoms with Crippen LogP contribution in [0.4, 0.5) is 0 Å². The molecule has 0 bridgehead atoms. The molecule has 0 saturated carbocycles. The van der Waals surface area contributed by atoms with Crippen molar-refractivity contribution in [1.82, 2.24) is 19.5 Å². The fourth-order valence-corrected chi connectivity index (χ4v) is 7.38. The summed E-state index contributed by atoms with van der Waals surface area (Å²) >= 11 is 0. The summed E-state index contributed by atoms with van der Waals surface area (Å²) in [6.07, 6.45) is 0. The van der Waals surface area contributed by atoms with Crippen LogP contribution in [0.25, 0.3) is 94.7 Å². The van der Waals surface area contributed by atoms with E-state index in [0.29, 0.717) is 17.6 Å². The van der Waals surface area contributed by atoms with Crippen molar-refractivity contribution in [2.24, 2.45) is 0 Å². The first kappa shape index (κ1) is 25.9. The SMILES string of the molecule is c1ccc(-c2nc(-c3ccccc3)nc(-n3c4ccc(-c5ccccc5)c5c4c4c6c(cccc6ccc43)-c3ccccc3-5)n2)cc1. The second kappa shape index (κ2) is 10.1. The van der Waals surface area contributed by atoms with Gasteiger partial charge < -0.3 is 0 Å². The molecule has 47 heavy (non-hydrogen) atoms. The zero-order valence-corrected chi connectivity index (χ0v) is 25.3. The van der Waals surface area contributed by atoms with Crippen LogP contribution in [0.3, 0.4) is 0 Å². The molecule has 0 N–H and O–H groups in total. The molecule has 0 unspecified atom stereocenters. The zero-order chi connectivity index (χ0) is 30.9. The largest absolute Gasteiger partial charge is 0.278 e. The van der Waals surface area contributed by atoms with Crippen molar-refractivity contribution in [1.29, 1.82) is 0 Å². The van der Waals surface area contributed by atoms with E-state index in [9.17, 15) is 0 Å². The fourth-order valence-electron chi connectivity index (χ4n) is 7.38. The summed E-state index contributed by atoms with van der Waals surface area (Å²) < 4.78 is 2.24. The van der Waals surface area contributed by atoms with Gasteiger partial charge in [0.25, 0.3) is 0 Å². The summed E-state index contributed by atoms with van der Waals surface area (Å²) in [7, 11) is 0. The lowest BCUT2D eigenvalue weighted by Crippen LogP contribution is -2.06. The van der Waals surface area contributed by atoms with Gasteiger partial charge in [-0.25, -0.2) is 4.98 Å². The molecule has 2 heterocycles. The van der Waals surface area contributed by atoms with Crippen LogP contribution in [-0.2, 0) is 0 Å². The molecular weight excluding hydrogens is 573 g/mol. The third-order valence-electron chi connectivity index (χ3n) is 9.40. The maximum absolute atomic E-state index is 5.19. The molecule has 7 aromatic carbocycles. The van der Waals surface area contributed by atoms with E-state index >= 15 is 0 Å². The Morgan fingerprint density at radius 2 is 0.894 bits per heavy atom. The summed E-state index contributed by atoms with van der Waals surface area (Å²) in [5, 5.41) is 4.91. The van der Waals surface area contributed by atoms with Gasteiger partial charge in [-0.2, -0.15) is 9.97 Å². The highest BCUT2D eigenvalue weighted by molar-refractivity contribution is 6.31. The molecule has 0 amide bonds. The van der Waals surface area contributed by atoms with Crippen LogP contribution in [0.15, 0.2) is 158 Å². The zero-order valence-electron chi connectivity index (χ0n) is 25.3. The van der Waals surface area contributed by atoms with Gasteiger partial charge in [0, 0.05) is 27.5 Å². The fraction of sp³-hybridized carbons (Fsp3) is 0. The van der Waals surface area contributed by atoms with Gasteiger partial charge in [-0.3, -0.25) is 4.57 Å². The van der Waals surface area contributed by atoms with Gasteiger partial charge in [0.1, 0.15) is 0 Å². The third-order valence-corrected chi connectivity index (χ3v) is 9.40. The number of hydrogen-bond donors (Lipinski definition) is 0. The molecule has 0 atom stereocenters. The van der Waals surface area contributed by atoms with E-state index < -0.39 is 0 Å². The molecule has 0 aliphatic heterocycles. The van der Waals surface area contributed by atoms with Gasteiger partial charge >= 0.3 is 0 Å². The van der Waals surface area contributed by atoms with E-state index in [2.05, 4.69) is 126 Å². The molecule has 0 saturated heterocycles. The molecule has 4 nitrogen and oxygen atoms in total. The highest BCUT2D eigenvalue weighted by Crippen LogP contribution is 2.52. The van der Waals surface area contributed by atoms with Crippen molar-refractivity contribution in [2.45, 2.75) is 0 Å². The summed E-state index contributed by atoms with van der Waals surface area (Å²) in [5.41, 5.74) is 11.4. The van der Waals surface area contributed by atoms with Crippen LogP contribution in [0.2, 0.25) is 0 Å². The summed E-state index contributed by atoms with van der Waals surface area (Å²) in [5.74, 6) is 1.89. The van der Waals surface area contributed by atoms with Gasteiger partial charge in [0.15, 0.2) is 11.6 Å². The maximum Gasteiger partial charge on any atom is 0.238 e.